The van der Waals surface area contributed by atoms with Crippen LogP contribution >= 0.6 is 0 Å². The first-order chi connectivity index (χ1) is 12.3. The molecule has 136 valence electrons. The van der Waals surface area contributed by atoms with Gasteiger partial charge in [-0.25, -0.2) is 9.59 Å². The lowest BCUT2D eigenvalue weighted by molar-refractivity contribution is -0.144. The van der Waals surface area contributed by atoms with Crippen molar-refractivity contribution in [2.24, 2.45) is 0 Å². The van der Waals surface area contributed by atoms with Gasteiger partial charge in [-0.2, -0.15) is 0 Å². The van der Waals surface area contributed by atoms with Crippen molar-refractivity contribution >= 4 is 16.9 Å². The molecule has 26 heavy (non-hydrogen) atoms. The van der Waals surface area contributed by atoms with Crippen LogP contribution in [0.4, 0.5) is 0 Å². The van der Waals surface area contributed by atoms with E-state index < -0.39 is 29.4 Å². The molecule has 2 aliphatic heterocycles. The highest BCUT2D eigenvalue weighted by molar-refractivity contribution is 5.90. The van der Waals surface area contributed by atoms with E-state index in [0.29, 0.717) is 23.1 Å². The molecule has 1 saturated heterocycles. The van der Waals surface area contributed by atoms with Crippen molar-refractivity contribution in [3.05, 3.63) is 46.8 Å². The van der Waals surface area contributed by atoms with Crippen molar-refractivity contribution in [1.82, 2.24) is 0 Å². The summed E-state index contributed by atoms with van der Waals surface area (Å²) < 4.78 is 22.1. The van der Waals surface area contributed by atoms with E-state index in [2.05, 4.69) is 6.58 Å². The van der Waals surface area contributed by atoms with Crippen LogP contribution in [0.2, 0.25) is 0 Å². The van der Waals surface area contributed by atoms with Crippen LogP contribution in [0.15, 0.2) is 45.6 Å². The zero-order valence-electron chi connectivity index (χ0n) is 14.2. The summed E-state index contributed by atoms with van der Waals surface area (Å²) in [5.41, 5.74) is -1.16. The van der Waals surface area contributed by atoms with E-state index in [0.717, 1.165) is 0 Å². The van der Waals surface area contributed by atoms with Crippen molar-refractivity contribution in [2.75, 3.05) is 6.61 Å². The van der Waals surface area contributed by atoms with Gasteiger partial charge in [-0.15, -0.1) is 0 Å². The number of carbonyl (C=O) groups is 1. The molecule has 0 saturated carbocycles. The summed E-state index contributed by atoms with van der Waals surface area (Å²) in [5.74, 6) is 0.286. The summed E-state index contributed by atoms with van der Waals surface area (Å²) in [6, 6.07) is 6.46. The van der Waals surface area contributed by atoms with Crippen molar-refractivity contribution in [1.29, 1.82) is 0 Å². The fourth-order valence-corrected chi connectivity index (χ4v) is 3.30. The van der Waals surface area contributed by atoms with Crippen molar-refractivity contribution in [3.63, 3.8) is 0 Å². The van der Waals surface area contributed by atoms with Crippen LogP contribution in [-0.4, -0.2) is 35.5 Å². The highest BCUT2D eigenvalue weighted by atomic mass is 16.6. The second kappa shape index (κ2) is 5.88. The van der Waals surface area contributed by atoms with Gasteiger partial charge in [0.05, 0.1) is 0 Å². The van der Waals surface area contributed by atoms with Crippen LogP contribution in [0.3, 0.4) is 0 Å². The molecule has 3 atom stereocenters. The zero-order valence-corrected chi connectivity index (χ0v) is 14.2. The highest BCUT2D eigenvalue weighted by Gasteiger charge is 2.42. The third-order valence-electron chi connectivity index (χ3n) is 4.73. The van der Waals surface area contributed by atoms with Gasteiger partial charge in [-0.1, -0.05) is 6.58 Å². The number of benzene rings is 1. The molecule has 1 fully saturated rings. The number of ether oxygens (including phenoxy) is 3. The topological polar surface area (TPSA) is 95.2 Å². The van der Waals surface area contributed by atoms with Crippen molar-refractivity contribution in [2.45, 2.75) is 37.6 Å². The second-order valence-corrected chi connectivity index (χ2v) is 6.88. The summed E-state index contributed by atoms with van der Waals surface area (Å²) in [4.78, 5) is 23.1. The molecular formula is C19H18O7. The Labute approximate surface area is 148 Å². The van der Waals surface area contributed by atoms with Gasteiger partial charge in [-0.3, -0.25) is 0 Å². The molecule has 0 bridgehead atoms. The second-order valence-electron chi connectivity index (χ2n) is 6.88. The maximum absolute atomic E-state index is 11.6. The van der Waals surface area contributed by atoms with Crippen LogP contribution in [0.25, 0.3) is 11.0 Å². The maximum Gasteiger partial charge on any atom is 0.336 e. The zero-order chi connectivity index (χ0) is 18.5. The van der Waals surface area contributed by atoms with Gasteiger partial charge in [0.15, 0.2) is 17.4 Å². The molecule has 3 heterocycles. The smallest absolute Gasteiger partial charge is 0.336 e. The molecule has 0 aliphatic carbocycles. The number of esters is 1. The molecule has 0 amide bonds. The number of aliphatic hydroxyl groups is 1. The maximum atomic E-state index is 11.6. The molecule has 0 spiro atoms. The Morgan fingerprint density at radius 3 is 2.73 bits per heavy atom. The molecule has 0 unspecified atom stereocenters. The van der Waals surface area contributed by atoms with E-state index in [4.69, 9.17) is 18.6 Å². The van der Waals surface area contributed by atoms with E-state index in [1.807, 2.05) is 0 Å². The van der Waals surface area contributed by atoms with Gasteiger partial charge in [-0.05, 0) is 25.1 Å². The highest BCUT2D eigenvalue weighted by Crippen LogP contribution is 2.41. The Kier molecular flexibility index (Phi) is 3.77. The number of cyclic esters (lactones) is 1. The fourth-order valence-electron chi connectivity index (χ4n) is 3.30. The van der Waals surface area contributed by atoms with Gasteiger partial charge in [0.2, 0.25) is 5.75 Å². The molecule has 7 heteroatoms. The van der Waals surface area contributed by atoms with Crippen LogP contribution in [0, 0.1) is 0 Å². The van der Waals surface area contributed by atoms with Crippen LogP contribution in [0.5, 0.6) is 11.5 Å². The Hall–Kier alpha value is -2.80. The third-order valence-corrected chi connectivity index (χ3v) is 4.73. The number of hydrogen-bond donors (Lipinski definition) is 1. The van der Waals surface area contributed by atoms with E-state index >= 15 is 0 Å². The number of hydrogen-bond acceptors (Lipinski definition) is 7. The quantitative estimate of drug-likeness (QED) is 0.509. The van der Waals surface area contributed by atoms with Gasteiger partial charge < -0.3 is 23.7 Å². The van der Waals surface area contributed by atoms with Crippen LogP contribution in [0.1, 0.15) is 19.8 Å². The van der Waals surface area contributed by atoms with Crippen molar-refractivity contribution in [3.8, 4) is 11.5 Å². The summed E-state index contributed by atoms with van der Waals surface area (Å²) in [5, 5.41) is 11.6. The average molecular weight is 358 g/mol. The predicted molar refractivity (Wildman–Crippen MR) is 91.3 cm³/mol. The van der Waals surface area contributed by atoms with E-state index in [1.165, 1.54) is 6.07 Å². The lowest BCUT2D eigenvalue weighted by Gasteiger charge is -2.37. The van der Waals surface area contributed by atoms with E-state index in [1.54, 1.807) is 25.1 Å². The molecular weight excluding hydrogens is 340 g/mol. The molecule has 1 aromatic carbocycles. The Morgan fingerprint density at radius 1 is 1.23 bits per heavy atom. The number of carbonyl (C=O) groups excluding carboxylic acids is 1. The lowest BCUT2D eigenvalue weighted by Crippen LogP contribution is -2.50. The first-order valence-corrected chi connectivity index (χ1v) is 8.31. The SMILES string of the molecule is C=C1C[C@H](C[C@@](C)(O)[C@@H]2COc3ccc4ccc(=O)oc4c3O2)OC1=O. The molecule has 2 aromatic rings. The first kappa shape index (κ1) is 16.7. The minimum absolute atomic E-state index is 0.115. The van der Waals surface area contributed by atoms with Crippen molar-refractivity contribution < 1.29 is 28.5 Å². The Morgan fingerprint density at radius 2 is 2.00 bits per heavy atom. The minimum Gasteiger partial charge on any atom is -0.486 e. The summed E-state index contributed by atoms with van der Waals surface area (Å²) >= 11 is 0. The molecule has 7 nitrogen and oxygen atoms in total. The standard InChI is InChI=1S/C19H18O7/c1-10-7-12(24-18(10)21)8-19(2,22)14-9-23-13-5-3-11-4-6-15(20)26-16(11)17(13)25-14/h3-6,12,14,22H,1,7-9H2,2H3/t12-,14+,19-/m1/s1. The summed E-state index contributed by atoms with van der Waals surface area (Å²) in [6.07, 6.45) is -0.633. The Balaban J connectivity index is 1.61. The largest absolute Gasteiger partial charge is 0.486 e. The molecule has 2 aliphatic rings. The first-order valence-electron chi connectivity index (χ1n) is 8.31. The monoisotopic (exact) mass is 358 g/mol. The average Bonchev–Trinajstić information content (AvgIpc) is 2.91. The number of rotatable bonds is 3. The van der Waals surface area contributed by atoms with Crippen LogP contribution in [-0.2, 0) is 9.53 Å². The molecule has 1 N–H and O–H groups in total. The van der Waals surface area contributed by atoms with Gasteiger partial charge in [0.1, 0.15) is 18.3 Å². The van der Waals surface area contributed by atoms with Crippen LogP contribution < -0.4 is 15.1 Å². The molecule has 1 aromatic heterocycles. The van der Waals surface area contributed by atoms with Gasteiger partial charge in [0.25, 0.3) is 0 Å². The minimum atomic E-state index is -1.33. The molecule has 0 radical (unpaired) electrons. The summed E-state index contributed by atoms with van der Waals surface area (Å²) in [6.45, 7) is 5.36. The van der Waals surface area contributed by atoms with Gasteiger partial charge >= 0.3 is 11.6 Å². The Bertz CT molecular complexity index is 940. The third kappa shape index (κ3) is 2.84. The fraction of sp³-hybridized carbons (Fsp3) is 0.368. The number of fused-ring (bicyclic) bond motifs is 3. The summed E-state index contributed by atoms with van der Waals surface area (Å²) in [7, 11) is 0. The van der Waals surface area contributed by atoms with E-state index in [-0.39, 0.29) is 24.4 Å². The normalized spacial score (nSPS) is 24.4. The molecule has 4 rings (SSSR count). The lowest BCUT2D eigenvalue weighted by atomic mass is 9.90. The predicted octanol–water partition coefficient (Wildman–Crippen LogP) is 1.95. The van der Waals surface area contributed by atoms with Gasteiger partial charge in [0, 0.05) is 29.9 Å². The van der Waals surface area contributed by atoms with E-state index in [9.17, 15) is 14.7 Å².